The van der Waals surface area contributed by atoms with E-state index in [1.807, 2.05) is 26.2 Å². The van der Waals surface area contributed by atoms with Gasteiger partial charge in [0.2, 0.25) is 0 Å². The molecular formula is C12H18O3S2. The lowest BCUT2D eigenvalue weighted by molar-refractivity contribution is 0.216. The molecule has 0 aromatic heterocycles. The molecule has 17 heavy (non-hydrogen) atoms. The maximum absolute atomic E-state index is 11.7. The Balaban J connectivity index is 3.56. The normalized spacial score (nSPS) is 12.8. The van der Waals surface area contributed by atoms with Crippen LogP contribution in [0.5, 0.6) is 0 Å². The Bertz CT molecular complexity index is 504. The SMILES string of the molecule is CSc1c(C(C)(C)CO)cccc1S(C)(=O)=O. The lowest BCUT2D eigenvalue weighted by atomic mass is 9.85. The molecule has 1 N–H and O–H groups in total. The van der Waals surface area contributed by atoms with Crippen LogP contribution in [0.1, 0.15) is 19.4 Å². The largest absolute Gasteiger partial charge is 0.395 e. The molecule has 0 aliphatic heterocycles. The number of rotatable bonds is 4. The van der Waals surface area contributed by atoms with Gasteiger partial charge in [0.05, 0.1) is 11.5 Å². The van der Waals surface area contributed by atoms with Gasteiger partial charge in [0.15, 0.2) is 9.84 Å². The van der Waals surface area contributed by atoms with Crippen LogP contribution in [0, 0.1) is 0 Å². The van der Waals surface area contributed by atoms with Gasteiger partial charge in [0.25, 0.3) is 0 Å². The Hall–Kier alpha value is -0.520. The van der Waals surface area contributed by atoms with Gasteiger partial charge in [-0.3, -0.25) is 0 Å². The van der Waals surface area contributed by atoms with Gasteiger partial charge in [-0.1, -0.05) is 26.0 Å². The van der Waals surface area contributed by atoms with E-state index in [0.29, 0.717) is 4.90 Å². The van der Waals surface area contributed by atoms with Crippen LogP contribution in [-0.2, 0) is 15.3 Å². The summed E-state index contributed by atoms with van der Waals surface area (Å²) < 4.78 is 23.4. The number of hydrogen-bond donors (Lipinski definition) is 1. The topological polar surface area (TPSA) is 54.4 Å². The summed E-state index contributed by atoms with van der Waals surface area (Å²) >= 11 is 1.40. The molecule has 1 aromatic carbocycles. The molecule has 0 aliphatic carbocycles. The molecule has 1 rings (SSSR count). The van der Waals surface area contributed by atoms with E-state index in [1.165, 1.54) is 18.0 Å². The molecule has 5 heteroatoms. The van der Waals surface area contributed by atoms with Gasteiger partial charge in [0, 0.05) is 16.6 Å². The third kappa shape index (κ3) is 3.03. The fourth-order valence-corrected chi connectivity index (χ4v) is 3.95. The van der Waals surface area contributed by atoms with Crippen molar-refractivity contribution in [3.8, 4) is 0 Å². The number of aliphatic hydroxyl groups is 1. The number of benzene rings is 1. The molecule has 0 saturated carbocycles. The second-order valence-electron chi connectivity index (χ2n) is 4.65. The molecular weight excluding hydrogens is 256 g/mol. The highest BCUT2D eigenvalue weighted by Gasteiger charge is 2.26. The molecule has 1 aromatic rings. The van der Waals surface area contributed by atoms with Crippen LogP contribution in [0.15, 0.2) is 28.0 Å². The van der Waals surface area contributed by atoms with Gasteiger partial charge in [-0.05, 0) is 17.9 Å². The summed E-state index contributed by atoms with van der Waals surface area (Å²) in [7, 11) is -3.24. The fraction of sp³-hybridized carbons (Fsp3) is 0.500. The summed E-state index contributed by atoms with van der Waals surface area (Å²) in [4.78, 5) is 1.07. The number of hydrogen-bond acceptors (Lipinski definition) is 4. The van der Waals surface area contributed by atoms with E-state index in [-0.39, 0.29) is 6.61 Å². The third-order valence-electron chi connectivity index (χ3n) is 2.71. The number of sulfone groups is 1. The van der Waals surface area contributed by atoms with Crippen molar-refractivity contribution in [3.05, 3.63) is 23.8 Å². The minimum absolute atomic E-state index is 0.0201. The van der Waals surface area contributed by atoms with Crippen LogP contribution < -0.4 is 0 Å². The van der Waals surface area contributed by atoms with Gasteiger partial charge in [-0.2, -0.15) is 0 Å². The number of thioether (sulfide) groups is 1. The van der Waals surface area contributed by atoms with Crippen molar-refractivity contribution in [2.45, 2.75) is 29.1 Å². The van der Waals surface area contributed by atoms with Crippen molar-refractivity contribution in [2.24, 2.45) is 0 Å². The van der Waals surface area contributed by atoms with Crippen LogP contribution in [-0.4, -0.2) is 32.6 Å². The van der Waals surface area contributed by atoms with E-state index in [2.05, 4.69) is 0 Å². The summed E-state index contributed by atoms with van der Waals surface area (Å²) in [5, 5.41) is 9.40. The quantitative estimate of drug-likeness (QED) is 0.854. The van der Waals surface area contributed by atoms with Crippen LogP contribution in [0.25, 0.3) is 0 Å². The first-order valence-electron chi connectivity index (χ1n) is 5.22. The van der Waals surface area contributed by atoms with Gasteiger partial charge in [-0.15, -0.1) is 11.8 Å². The highest BCUT2D eigenvalue weighted by atomic mass is 32.2. The van der Waals surface area contributed by atoms with E-state index in [1.54, 1.807) is 12.1 Å². The molecule has 0 heterocycles. The van der Waals surface area contributed by atoms with E-state index in [9.17, 15) is 13.5 Å². The summed E-state index contributed by atoms with van der Waals surface area (Å²) in [6.07, 6.45) is 3.05. The van der Waals surface area contributed by atoms with Crippen LogP contribution in [0.2, 0.25) is 0 Å². The Kier molecular flexibility index (Phi) is 4.28. The van der Waals surface area contributed by atoms with Crippen molar-refractivity contribution in [2.75, 3.05) is 19.1 Å². The van der Waals surface area contributed by atoms with Crippen LogP contribution in [0.4, 0.5) is 0 Å². The molecule has 0 bridgehead atoms. The summed E-state index contributed by atoms with van der Waals surface area (Å²) in [5.41, 5.74) is 0.425. The van der Waals surface area contributed by atoms with Crippen molar-refractivity contribution in [1.82, 2.24) is 0 Å². The standard InChI is InChI=1S/C12H18O3S2/c1-12(2,8-13)9-6-5-7-10(11(9)16-3)17(4,14)15/h5-7,13H,8H2,1-4H3. The zero-order chi connectivity index (χ0) is 13.3. The first-order valence-corrected chi connectivity index (χ1v) is 8.34. The zero-order valence-electron chi connectivity index (χ0n) is 10.5. The minimum atomic E-state index is -3.24. The number of aliphatic hydroxyl groups excluding tert-OH is 1. The molecule has 0 radical (unpaired) electrons. The van der Waals surface area contributed by atoms with Crippen molar-refractivity contribution in [1.29, 1.82) is 0 Å². The van der Waals surface area contributed by atoms with Crippen LogP contribution in [0.3, 0.4) is 0 Å². The van der Waals surface area contributed by atoms with Crippen molar-refractivity contribution < 1.29 is 13.5 Å². The Labute approximate surface area is 107 Å². The molecule has 0 fully saturated rings. The van der Waals surface area contributed by atoms with E-state index < -0.39 is 15.3 Å². The molecule has 0 aliphatic rings. The third-order valence-corrected chi connectivity index (χ3v) is 4.82. The highest BCUT2D eigenvalue weighted by Crippen LogP contribution is 2.35. The van der Waals surface area contributed by atoms with E-state index >= 15 is 0 Å². The smallest absolute Gasteiger partial charge is 0.176 e. The maximum Gasteiger partial charge on any atom is 0.176 e. The Morgan fingerprint density at radius 1 is 1.35 bits per heavy atom. The van der Waals surface area contributed by atoms with Crippen LogP contribution >= 0.6 is 11.8 Å². The first-order chi connectivity index (χ1) is 7.74. The van der Waals surface area contributed by atoms with E-state index in [4.69, 9.17) is 0 Å². The monoisotopic (exact) mass is 274 g/mol. The average molecular weight is 274 g/mol. The van der Waals surface area contributed by atoms with Gasteiger partial charge in [-0.25, -0.2) is 8.42 Å². The fourth-order valence-electron chi connectivity index (χ4n) is 1.64. The average Bonchev–Trinajstić information content (AvgIpc) is 2.26. The van der Waals surface area contributed by atoms with Gasteiger partial charge >= 0.3 is 0 Å². The second-order valence-corrected chi connectivity index (χ2v) is 7.45. The predicted molar refractivity (Wildman–Crippen MR) is 71.4 cm³/mol. The lowest BCUT2D eigenvalue weighted by Gasteiger charge is -2.25. The predicted octanol–water partition coefficient (Wildman–Crippen LogP) is 2.08. The Morgan fingerprint density at radius 2 is 1.94 bits per heavy atom. The molecule has 0 saturated heterocycles. The van der Waals surface area contributed by atoms with E-state index in [0.717, 1.165) is 10.5 Å². The highest BCUT2D eigenvalue weighted by molar-refractivity contribution is 7.99. The second kappa shape index (κ2) is 5.00. The minimum Gasteiger partial charge on any atom is -0.395 e. The molecule has 0 atom stereocenters. The molecule has 0 spiro atoms. The Morgan fingerprint density at radius 3 is 2.35 bits per heavy atom. The zero-order valence-corrected chi connectivity index (χ0v) is 12.2. The van der Waals surface area contributed by atoms with Crippen molar-refractivity contribution >= 4 is 21.6 Å². The summed E-state index contributed by atoms with van der Waals surface area (Å²) in [6.45, 7) is 3.77. The molecule has 0 amide bonds. The van der Waals surface area contributed by atoms with Gasteiger partial charge in [0.1, 0.15) is 0 Å². The van der Waals surface area contributed by atoms with Crippen molar-refractivity contribution in [3.63, 3.8) is 0 Å². The first kappa shape index (κ1) is 14.5. The molecule has 96 valence electrons. The summed E-state index contributed by atoms with van der Waals surface area (Å²) in [5.74, 6) is 0. The van der Waals surface area contributed by atoms with Gasteiger partial charge < -0.3 is 5.11 Å². The lowest BCUT2D eigenvalue weighted by Crippen LogP contribution is -2.23. The summed E-state index contributed by atoms with van der Waals surface area (Å²) in [6, 6.07) is 5.21. The molecule has 0 unspecified atom stereocenters. The maximum atomic E-state index is 11.7. The molecule has 3 nitrogen and oxygen atoms in total.